The van der Waals surface area contributed by atoms with Gasteiger partial charge in [-0.2, -0.15) is 0 Å². The van der Waals surface area contributed by atoms with Gasteiger partial charge in [0.05, 0.1) is 19.6 Å². The monoisotopic (exact) mass is 328 g/mol. The van der Waals surface area contributed by atoms with Crippen molar-refractivity contribution < 1.29 is 14.4 Å². The van der Waals surface area contributed by atoms with Gasteiger partial charge in [0.25, 0.3) is 11.8 Å². The van der Waals surface area contributed by atoms with E-state index < -0.39 is 17.7 Å². The van der Waals surface area contributed by atoms with Gasteiger partial charge in [-0.3, -0.25) is 29.1 Å². The molecular weight excluding hydrogens is 308 g/mol. The van der Waals surface area contributed by atoms with Crippen LogP contribution in [0.2, 0.25) is 0 Å². The fourth-order valence-electron chi connectivity index (χ4n) is 2.32. The minimum atomic E-state index is -0.789. The number of hydrogen-bond donors (Lipinski definition) is 1. The van der Waals surface area contributed by atoms with Crippen molar-refractivity contribution >= 4 is 17.7 Å². The molecule has 11 heteroatoms. The lowest BCUT2D eigenvalue weighted by Gasteiger charge is -2.23. The molecule has 0 spiro atoms. The molecule has 0 unspecified atom stereocenters. The summed E-state index contributed by atoms with van der Waals surface area (Å²) in [6, 6.07) is 0. The molecule has 128 valence electrons. The highest BCUT2D eigenvalue weighted by molar-refractivity contribution is 5.79. The first-order chi connectivity index (χ1) is 10.9. The Morgan fingerprint density at radius 3 is 1.26 bits per heavy atom. The molecule has 0 saturated carbocycles. The molecule has 2 N–H and O–H groups in total. The zero-order valence-corrected chi connectivity index (χ0v) is 12.7. The van der Waals surface area contributed by atoms with Gasteiger partial charge in [-0.25, -0.2) is 0 Å². The van der Waals surface area contributed by atoms with Crippen LogP contribution in [0.5, 0.6) is 0 Å². The van der Waals surface area contributed by atoms with Crippen molar-refractivity contribution in [2.24, 2.45) is 16.1 Å². The Morgan fingerprint density at radius 2 is 1.00 bits per heavy atom. The average Bonchev–Trinajstić information content (AvgIpc) is 2.60. The van der Waals surface area contributed by atoms with Crippen LogP contribution in [0.3, 0.4) is 0 Å². The van der Waals surface area contributed by atoms with Gasteiger partial charge in [0.1, 0.15) is 0 Å². The summed E-state index contributed by atoms with van der Waals surface area (Å²) in [4.78, 5) is 59.2. The van der Waals surface area contributed by atoms with Gasteiger partial charge in [0, 0.05) is 49.6 Å². The third kappa shape index (κ3) is 7.63. The molecule has 1 aliphatic heterocycles. The van der Waals surface area contributed by atoms with Crippen molar-refractivity contribution in [3.63, 3.8) is 0 Å². The summed E-state index contributed by atoms with van der Waals surface area (Å²) in [7, 11) is 0. The minimum absolute atomic E-state index is 0.0431. The van der Waals surface area contributed by atoms with E-state index in [1.165, 1.54) is 0 Å². The molecule has 23 heavy (non-hydrogen) atoms. The van der Waals surface area contributed by atoms with E-state index in [2.05, 4.69) is 10.4 Å². The normalized spacial score (nSPS) is 18.4. The van der Waals surface area contributed by atoms with Crippen molar-refractivity contribution in [1.29, 1.82) is 0 Å². The van der Waals surface area contributed by atoms with E-state index >= 15 is 0 Å². The summed E-state index contributed by atoms with van der Waals surface area (Å²) in [6.07, 6.45) is 0. The van der Waals surface area contributed by atoms with Crippen LogP contribution in [0.4, 0.5) is 0 Å². The molecule has 0 aliphatic carbocycles. The van der Waals surface area contributed by atoms with Crippen LogP contribution < -0.4 is 5.73 Å². The predicted octanol–water partition coefficient (Wildman–Crippen LogP) is -2.02. The number of hydrogen-bond acceptors (Lipinski definition) is 8. The van der Waals surface area contributed by atoms with Crippen LogP contribution in [-0.4, -0.2) is 91.3 Å². The molecule has 0 aromatic carbocycles. The quantitative estimate of drug-likeness (QED) is 0.550. The van der Waals surface area contributed by atoms with Gasteiger partial charge in [0.15, 0.2) is 0 Å². The van der Waals surface area contributed by atoms with E-state index in [1.54, 1.807) is 14.7 Å². The van der Waals surface area contributed by atoms with Crippen molar-refractivity contribution in [3.8, 4) is 0 Å². The summed E-state index contributed by atoms with van der Waals surface area (Å²) in [6.45, 7) is 2.44. The molecule has 1 heterocycles. The van der Waals surface area contributed by atoms with Crippen LogP contribution in [0.15, 0.2) is 10.4 Å². The van der Waals surface area contributed by atoms with Crippen LogP contribution in [0, 0.1) is 9.81 Å². The maximum absolute atomic E-state index is 11.2. The van der Waals surface area contributed by atoms with E-state index in [1.807, 2.05) is 0 Å². The minimum Gasteiger partial charge on any atom is -0.369 e. The second-order valence-corrected chi connectivity index (χ2v) is 5.26. The topological polar surface area (TPSA) is 146 Å². The number of carbonyl (C=O) groups is 3. The Balaban J connectivity index is 2.74. The van der Waals surface area contributed by atoms with Gasteiger partial charge >= 0.3 is 0 Å². The maximum Gasteiger partial charge on any atom is 0.300 e. The first kappa shape index (κ1) is 18.9. The van der Waals surface area contributed by atoms with Gasteiger partial charge in [-0.1, -0.05) is 0 Å². The standard InChI is InChI=1S/C12H20N6O5/c13-10(19)7-16-1-3-17(8-11(20)14-22)5-6-18(4-2-16)9-12(21)15-23/h1-9H2,(H2,13,19). The van der Waals surface area contributed by atoms with E-state index in [-0.39, 0.29) is 19.6 Å². The molecule has 11 nitrogen and oxygen atoms in total. The van der Waals surface area contributed by atoms with Gasteiger partial charge in [-0.15, -0.1) is 9.81 Å². The summed E-state index contributed by atoms with van der Waals surface area (Å²) in [5, 5.41) is 4.73. The molecule has 1 saturated heterocycles. The highest BCUT2D eigenvalue weighted by Gasteiger charge is 2.20. The molecule has 1 aliphatic rings. The SMILES string of the molecule is NC(=O)CN1CCN(CC(=O)N=O)CCN(CC(=O)N=O)CC1. The zero-order chi connectivity index (χ0) is 17.2. The molecule has 0 aromatic rings. The average molecular weight is 328 g/mol. The van der Waals surface area contributed by atoms with Crippen molar-refractivity contribution in [2.75, 3.05) is 58.9 Å². The molecular formula is C12H20N6O5. The highest BCUT2D eigenvalue weighted by Crippen LogP contribution is 2.01. The molecule has 1 rings (SSSR count). The van der Waals surface area contributed by atoms with Gasteiger partial charge in [0.2, 0.25) is 5.91 Å². The zero-order valence-electron chi connectivity index (χ0n) is 12.7. The molecule has 0 aromatic heterocycles. The van der Waals surface area contributed by atoms with Crippen molar-refractivity contribution in [2.45, 2.75) is 0 Å². The van der Waals surface area contributed by atoms with Gasteiger partial charge in [-0.05, 0) is 0 Å². The third-order valence-electron chi connectivity index (χ3n) is 3.50. The summed E-state index contributed by atoms with van der Waals surface area (Å²) >= 11 is 0. The largest absolute Gasteiger partial charge is 0.369 e. The lowest BCUT2D eigenvalue weighted by molar-refractivity contribution is -0.120. The van der Waals surface area contributed by atoms with E-state index in [0.29, 0.717) is 39.3 Å². The first-order valence-electron chi connectivity index (χ1n) is 7.12. The van der Waals surface area contributed by atoms with Crippen molar-refractivity contribution in [3.05, 3.63) is 9.81 Å². The number of nitrogens with zero attached hydrogens (tertiary/aromatic N) is 5. The lowest BCUT2D eigenvalue weighted by Crippen LogP contribution is -2.41. The van der Waals surface area contributed by atoms with Crippen LogP contribution in [0.1, 0.15) is 0 Å². The summed E-state index contributed by atoms with van der Waals surface area (Å²) in [5.41, 5.74) is 5.20. The second kappa shape index (κ2) is 9.82. The third-order valence-corrected chi connectivity index (χ3v) is 3.50. The Hall–Kier alpha value is -2.11. The summed E-state index contributed by atoms with van der Waals surface area (Å²) in [5.74, 6) is -2.07. The fourth-order valence-corrected chi connectivity index (χ4v) is 2.32. The maximum atomic E-state index is 11.2. The van der Waals surface area contributed by atoms with Crippen LogP contribution >= 0.6 is 0 Å². The van der Waals surface area contributed by atoms with Crippen LogP contribution in [-0.2, 0) is 14.4 Å². The highest BCUT2D eigenvalue weighted by atomic mass is 16.3. The Morgan fingerprint density at radius 1 is 0.696 bits per heavy atom. The number of nitroso groups, excluding NO2 is 2. The van der Waals surface area contributed by atoms with Crippen molar-refractivity contribution in [1.82, 2.24) is 14.7 Å². The number of nitrogens with two attached hydrogens (primary N) is 1. The van der Waals surface area contributed by atoms with Gasteiger partial charge < -0.3 is 5.73 Å². The number of carbonyl (C=O) groups excluding carboxylic acids is 3. The van der Waals surface area contributed by atoms with Crippen LogP contribution in [0.25, 0.3) is 0 Å². The first-order valence-corrected chi connectivity index (χ1v) is 7.12. The number of primary amides is 1. The number of rotatable bonds is 6. The number of amides is 3. The van der Waals surface area contributed by atoms with E-state index in [9.17, 15) is 24.2 Å². The van der Waals surface area contributed by atoms with E-state index in [0.717, 1.165) is 0 Å². The Kier molecular flexibility index (Phi) is 8.08. The Bertz CT molecular complexity index is 437. The smallest absolute Gasteiger partial charge is 0.300 e. The predicted molar refractivity (Wildman–Crippen MR) is 80.1 cm³/mol. The second-order valence-electron chi connectivity index (χ2n) is 5.26. The summed E-state index contributed by atoms with van der Waals surface area (Å²) < 4.78 is 0. The molecule has 1 fully saturated rings. The van der Waals surface area contributed by atoms with E-state index in [4.69, 9.17) is 5.73 Å². The fraction of sp³-hybridized carbons (Fsp3) is 0.750. The molecule has 0 radical (unpaired) electrons. The Labute approximate surface area is 132 Å². The molecule has 0 atom stereocenters. The molecule has 0 bridgehead atoms. The molecule has 3 amide bonds. The lowest BCUT2D eigenvalue weighted by atomic mass is 10.4.